The van der Waals surface area contributed by atoms with E-state index in [4.69, 9.17) is 4.98 Å². The van der Waals surface area contributed by atoms with Crippen LogP contribution >= 0.6 is 0 Å². The summed E-state index contributed by atoms with van der Waals surface area (Å²) in [6, 6.07) is 8.84. The second-order valence-corrected chi connectivity index (χ2v) is 6.06. The van der Waals surface area contributed by atoms with Gasteiger partial charge in [-0.15, -0.1) is 0 Å². The smallest absolute Gasteiger partial charge is 0.0637 e. The monoisotopic (exact) mass is 295 g/mol. The Kier molecular flexibility index (Phi) is 4.32. The van der Waals surface area contributed by atoms with Crippen molar-refractivity contribution < 1.29 is 0 Å². The van der Waals surface area contributed by atoms with Crippen molar-refractivity contribution in [1.82, 2.24) is 4.98 Å². The van der Waals surface area contributed by atoms with Gasteiger partial charge in [0.15, 0.2) is 0 Å². The number of nitrogens with one attached hydrogen (secondary N) is 1. The second-order valence-electron chi connectivity index (χ2n) is 6.06. The fraction of sp³-hybridized carbons (Fsp3) is 0.421. The lowest BCUT2D eigenvalue weighted by atomic mass is 9.98. The third-order valence-corrected chi connectivity index (χ3v) is 4.46. The predicted octanol–water partition coefficient (Wildman–Crippen LogP) is 4.26. The Hall–Kier alpha value is -2.03. The average Bonchev–Trinajstić information content (AvgIpc) is 2.55. The van der Waals surface area contributed by atoms with Crippen molar-refractivity contribution in [2.24, 2.45) is 0 Å². The van der Waals surface area contributed by atoms with Gasteiger partial charge in [-0.3, -0.25) is 4.98 Å². The van der Waals surface area contributed by atoms with Crippen LogP contribution in [0, 0.1) is 6.92 Å². The largest absolute Gasteiger partial charge is 0.388 e. The zero-order valence-electron chi connectivity index (χ0n) is 13.8. The summed E-state index contributed by atoms with van der Waals surface area (Å²) in [5.41, 5.74) is 7.51. The van der Waals surface area contributed by atoms with Gasteiger partial charge in [-0.25, -0.2) is 0 Å². The lowest BCUT2D eigenvalue weighted by Crippen LogP contribution is -2.30. The van der Waals surface area contributed by atoms with E-state index >= 15 is 0 Å². The molecule has 22 heavy (non-hydrogen) atoms. The van der Waals surface area contributed by atoms with Crippen LogP contribution in [0.2, 0.25) is 0 Å². The summed E-state index contributed by atoms with van der Waals surface area (Å²) in [5.74, 6) is 0. The molecular formula is C19H25N3. The molecule has 1 aromatic carbocycles. The van der Waals surface area contributed by atoms with E-state index in [0.29, 0.717) is 0 Å². The molecule has 3 nitrogen and oxygen atoms in total. The van der Waals surface area contributed by atoms with E-state index in [1.54, 1.807) is 0 Å². The fourth-order valence-corrected chi connectivity index (χ4v) is 3.24. The van der Waals surface area contributed by atoms with Crippen molar-refractivity contribution in [3.63, 3.8) is 0 Å². The number of anilines is 2. The second kappa shape index (κ2) is 6.39. The van der Waals surface area contributed by atoms with Gasteiger partial charge in [0.1, 0.15) is 0 Å². The molecule has 1 aliphatic rings. The number of rotatable bonds is 4. The highest BCUT2D eigenvalue weighted by Crippen LogP contribution is 2.32. The topological polar surface area (TPSA) is 28.2 Å². The van der Waals surface area contributed by atoms with Crippen molar-refractivity contribution in [2.75, 3.05) is 30.4 Å². The van der Waals surface area contributed by atoms with Gasteiger partial charge < -0.3 is 10.2 Å². The third kappa shape index (κ3) is 2.80. The lowest BCUT2D eigenvalue weighted by molar-refractivity contribution is 0.669. The zero-order valence-corrected chi connectivity index (χ0v) is 13.8. The van der Waals surface area contributed by atoms with Crippen molar-refractivity contribution in [3.8, 4) is 11.1 Å². The molecule has 116 valence electrons. The molecule has 2 heterocycles. The summed E-state index contributed by atoms with van der Waals surface area (Å²) >= 11 is 0. The van der Waals surface area contributed by atoms with Crippen LogP contribution in [0.25, 0.3) is 11.1 Å². The van der Waals surface area contributed by atoms with Crippen molar-refractivity contribution in [2.45, 2.75) is 33.1 Å². The SMILES string of the molecule is CCCN1CCCc2ncc(-c3cc(NC)ccc3C)cc21. The van der Waals surface area contributed by atoms with E-state index in [1.165, 1.54) is 40.9 Å². The highest BCUT2D eigenvalue weighted by Gasteiger charge is 2.18. The first-order valence-corrected chi connectivity index (χ1v) is 8.25. The summed E-state index contributed by atoms with van der Waals surface area (Å²) in [4.78, 5) is 7.26. The van der Waals surface area contributed by atoms with E-state index in [0.717, 1.165) is 25.2 Å². The molecule has 0 bridgehead atoms. The average molecular weight is 295 g/mol. The molecule has 0 radical (unpaired) electrons. The molecule has 3 heteroatoms. The van der Waals surface area contributed by atoms with E-state index in [1.807, 2.05) is 13.2 Å². The maximum atomic E-state index is 4.76. The number of aromatic nitrogens is 1. The highest BCUT2D eigenvalue weighted by atomic mass is 15.1. The van der Waals surface area contributed by atoms with Gasteiger partial charge in [-0.05, 0) is 55.5 Å². The van der Waals surface area contributed by atoms with Gasteiger partial charge in [-0.2, -0.15) is 0 Å². The van der Waals surface area contributed by atoms with Crippen LogP contribution < -0.4 is 10.2 Å². The fourth-order valence-electron chi connectivity index (χ4n) is 3.24. The molecule has 1 aromatic heterocycles. The summed E-state index contributed by atoms with van der Waals surface area (Å²) in [6.45, 7) is 6.68. The molecule has 0 saturated carbocycles. The number of benzene rings is 1. The molecule has 0 atom stereocenters. The van der Waals surface area contributed by atoms with Gasteiger partial charge in [0.05, 0.1) is 11.4 Å². The Balaban J connectivity index is 2.04. The Morgan fingerprint density at radius 2 is 2.14 bits per heavy atom. The minimum absolute atomic E-state index is 1.10. The minimum Gasteiger partial charge on any atom is -0.388 e. The number of fused-ring (bicyclic) bond motifs is 1. The predicted molar refractivity (Wildman–Crippen MR) is 94.8 cm³/mol. The molecule has 2 aromatic rings. The van der Waals surface area contributed by atoms with E-state index < -0.39 is 0 Å². The summed E-state index contributed by atoms with van der Waals surface area (Å²) in [5, 5.41) is 3.22. The number of aryl methyl sites for hydroxylation is 2. The van der Waals surface area contributed by atoms with Crippen LogP contribution in [0.5, 0.6) is 0 Å². The summed E-state index contributed by atoms with van der Waals surface area (Å²) in [6.07, 6.45) is 5.53. The zero-order chi connectivity index (χ0) is 15.5. The first-order valence-electron chi connectivity index (χ1n) is 8.25. The lowest BCUT2D eigenvalue weighted by Gasteiger charge is -2.30. The number of pyridine rings is 1. The van der Waals surface area contributed by atoms with E-state index in [9.17, 15) is 0 Å². The maximum absolute atomic E-state index is 4.76. The third-order valence-electron chi connectivity index (χ3n) is 4.46. The highest BCUT2D eigenvalue weighted by molar-refractivity contribution is 5.74. The Morgan fingerprint density at radius 1 is 1.27 bits per heavy atom. The molecule has 0 spiro atoms. The normalized spacial score (nSPS) is 13.9. The number of hydrogen-bond acceptors (Lipinski definition) is 3. The van der Waals surface area contributed by atoms with Gasteiger partial charge in [-0.1, -0.05) is 13.0 Å². The van der Waals surface area contributed by atoms with E-state index in [-0.39, 0.29) is 0 Å². The van der Waals surface area contributed by atoms with Crippen LogP contribution in [0.3, 0.4) is 0 Å². The number of hydrogen-bond donors (Lipinski definition) is 1. The van der Waals surface area contributed by atoms with Crippen molar-refractivity contribution in [3.05, 3.63) is 41.7 Å². The van der Waals surface area contributed by atoms with Crippen LogP contribution in [0.15, 0.2) is 30.5 Å². The van der Waals surface area contributed by atoms with Crippen molar-refractivity contribution >= 4 is 11.4 Å². The maximum Gasteiger partial charge on any atom is 0.0637 e. The van der Waals surface area contributed by atoms with Crippen LogP contribution in [-0.2, 0) is 6.42 Å². The van der Waals surface area contributed by atoms with Gasteiger partial charge >= 0.3 is 0 Å². The van der Waals surface area contributed by atoms with Gasteiger partial charge in [0, 0.05) is 37.6 Å². The van der Waals surface area contributed by atoms with Crippen LogP contribution in [0.4, 0.5) is 11.4 Å². The minimum atomic E-state index is 1.10. The first kappa shape index (κ1) is 14.9. The Labute approximate surface area is 133 Å². The van der Waals surface area contributed by atoms with Gasteiger partial charge in [0.2, 0.25) is 0 Å². The first-order chi connectivity index (χ1) is 10.7. The summed E-state index contributed by atoms with van der Waals surface area (Å²) < 4.78 is 0. The van der Waals surface area contributed by atoms with E-state index in [2.05, 4.69) is 48.3 Å². The number of nitrogens with zero attached hydrogens (tertiary/aromatic N) is 2. The molecule has 0 amide bonds. The Morgan fingerprint density at radius 3 is 2.91 bits per heavy atom. The molecule has 3 rings (SSSR count). The molecule has 1 N–H and O–H groups in total. The quantitative estimate of drug-likeness (QED) is 0.913. The molecule has 0 aliphatic carbocycles. The van der Waals surface area contributed by atoms with Crippen LogP contribution in [-0.4, -0.2) is 25.1 Å². The van der Waals surface area contributed by atoms with Crippen LogP contribution in [0.1, 0.15) is 31.0 Å². The van der Waals surface area contributed by atoms with Crippen molar-refractivity contribution in [1.29, 1.82) is 0 Å². The molecule has 1 aliphatic heterocycles. The standard InChI is InChI=1S/C19H25N3/c1-4-9-22-10-5-6-18-19(22)11-15(13-21-18)17-12-16(20-3)8-7-14(17)2/h7-8,11-13,20H,4-6,9-10H2,1-3H3. The summed E-state index contributed by atoms with van der Waals surface area (Å²) in [7, 11) is 1.96. The molecule has 0 fully saturated rings. The Bertz CT molecular complexity index is 664. The molecule has 0 unspecified atom stereocenters. The van der Waals surface area contributed by atoms with Gasteiger partial charge in [0.25, 0.3) is 0 Å². The molecule has 0 saturated heterocycles. The molecular weight excluding hydrogens is 270 g/mol.